The maximum Gasteiger partial charge on any atom is 0.305 e. The molecule has 1 amide bonds. The SMILES string of the molecule is C=C.C=CCCCN(CCCCCCCCCC)CCCCC(=O)N1CC[N+](=CCCCCN(CCCCCCCCCC)CCCC(=O)OCCCCC)CC1.CCCCCOC. The number of rotatable bonds is 44. The third kappa shape index (κ3) is 45.1. The molecule has 0 saturated carbocycles. The molecule has 378 valence electrons. The van der Waals surface area contributed by atoms with Crippen LogP contribution in [-0.4, -0.2) is 123 Å². The zero-order valence-electron chi connectivity index (χ0n) is 43.8. The monoisotopic (exact) mass is 904 g/mol. The quantitative estimate of drug-likeness (QED) is 0.0263. The van der Waals surface area contributed by atoms with Crippen LogP contribution in [0.3, 0.4) is 0 Å². The maximum absolute atomic E-state index is 13.1. The van der Waals surface area contributed by atoms with Crippen LogP contribution in [0, 0.1) is 0 Å². The number of piperazine rings is 1. The standard InChI is InChI=1S/C48H93N4O3.C6H14O.C2H4/c1-5-9-13-15-17-19-21-26-36-49(35-25-11-7-3)40-30-24-33-47(53)52-44-42-51(43-45-52)39-29-23-28-38-50(37-27-22-20-18-16-14-10-6-2)41-32-34-48(54)55-46-31-12-8-4;1-3-4-5-6-7-2;1-2/h7,39H,3,5-6,8-38,40-46H2,1-2,4H3;3-6H2,1-2H3;1-2H2/q+1;;. The summed E-state index contributed by atoms with van der Waals surface area (Å²) in [5.74, 6) is 0.322. The summed E-state index contributed by atoms with van der Waals surface area (Å²) in [6, 6.07) is 0. The Kier molecular flexibility index (Phi) is 53.6. The van der Waals surface area contributed by atoms with Crippen LogP contribution in [0.5, 0.6) is 0 Å². The number of hydrogen-bond donors (Lipinski definition) is 0. The molecule has 0 unspecified atom stereocenters. The average molecular weight is 905 g/mol. The number of allylic oxidation sites excluding steroid dienone is 1. The number of ether oxygens (including phenoxy) is 2. The molecule has 0 atom stereocenters. The van der Waals surface area contributed by atoms with Gasteiger partial charge in [0.1, 0.15) is 6.21 Å². The maximum atomic E-state index is 13.1. The number of methoxy groups -OCH3 is 1. The largest absolute Gasteiger partial charge is 0.466 e. The van der Waals surface area contributed by atoms with Crippen molar-refractivity contribution in [3.8, 4) is 0 Å². The van der Waals surface area contributed by atoms with Gasteiger partial charge in [-0.25, -0.2) is 4.58 Å². The lowest BCUT2D eigenvalue weighted by Gasteiger charge is -2.26. The third-order valence-corrected chi connectivity index (χ3v) is 12.5. The molecule has 0 bridgehead atoms. The normalized spacial score (nSPS) is 12.5. The smallest absolute Gasteiger partial charge is 0.305 e. The molecule has 0 aliphatic carbocycles. The number of carbonyl (C=O) groups excluding carboxylic acids is 2. The van der Waals surface area contributed by atoms with Crippen LogP contribution < -0.4 is 0 Å². The van der Waals surface area contributed by atoms with Crippen LogP contribution >= 0.6 is 0 Å². The third-order valence-electron chi connectivity index (χ3n) is 12.5. The van der Waals surface area contributed by atoms with E-state index in [0.29, 0.717) is 25.4 Å². The topological polar surface area (TPSA) is 65.3 Å². The van der Waals surface area contributed by atoms with E-state index in [4.69, 9.17) is 9.47 Å². The average Bonchev–Trinajstić information content (AvgIpc) is 3.31. The second kappa shape index (κ2) is 53.6. The molecule has 1 aliphatic rings. The van der Waals surface area contributed by atoms with Crippen molar-refractivity contribution < 1.29 is 23.6 Å². The molecule has 0 aromatic carbocycles. The molecule has 8 heteroatoms. The highest BCUT2D eigenvalue weighted by Gasteiger charge is 2.22. The summed E-state index contributed by atoms with van der Waals surface area (Å²) >= 11 is 0. The molecule has 0 radical (unpaired) electrons. The van der Waals surface area contributed by atoms with Gasteiger partial charge in [0.05, 0.1) is 19.7 Å². The first kappa shape index (κ1) is 64.1. The van der Waals surface area contributed by atoms with E-state index in [1.54, 1.807) is 7.11 Å². The Hall–Kier alpha value is -2.03. The van der Waals surface area contributed by atoms with Crippen LogP contribution in [0.4, 0.5) is 0 Å². The zero-order chi connectivity index (χ0) is 47.4. The Balaban J connectivity index is 0. The second-order valence-corrected chi connectivity index (χ2v) is 18.3. The van der Waals surface area contributed by atoms with Crippen molar-refractivity contribution >= 4 is 18.1 Å². The molecule has 0 N–H and O–H groups in total. The molecule has 64 heavy (non-hydrogen) atoms. The van der Waals surface area contributed by atoms with Crippen LogP contribution in [-0.2, 0) is 19.1 Å². The van der Waals surface area contributed by atoms with Gasteiger partial charge in [0, 0.05) is 33.0 Å². The molecule has 0 aromatic heterocycles. The highest BCUT2D eigenvalue weighted by atomic mass is 16.5. The minimum Gasteiger partial charge on any atom is -0.466 e. The van der Waals surface area contributed by atoms with Crippen molar-refractivity contribution in [2.75, 3.05) is 85.8 Å². The molecule has 0 aromatic rings. The van der Waals surface area contributed by atoms with Gasteiger partial charge in [-0.05, 0) is 110 Å². The highest BCUT2D eigenvalue weighted by Crippen LogP contribution is 2.13. The Morgan fingerprint density at radius 3 is 1.44 bits per heavy atom. The van der Waals surface area contributed by atoms with Gasteiger partial charge in [-0.2, -0.15) is 0 Å². The summed E-state index contributed by atoms with van der Waals surface area (Å²) < 4.78 is 12.7. The molecule has 1 saturated heterocycles. The molecule has 1 rings (SSSR count). The predicted octanol–water partition coefficient (Wildman–Crippen LogP) is 14.2. The number of esters is 1. The number of unbranched alkanes of at least 4 members (excludes halogenated alkanes) is 22. The molecule has 1 aliphatic heterocycles. The lowest BCUT2D eigenvalue weighted by molar-refractivity contribution is -0.534. The first-order valence-corrected chi connectivity index (χ1v) is 27.5. The van der Waals surface area contributed by atoms with Gasteiger partial charge in [0.2, 0.25) is 5.91 Å². The van der Waals surface area contributed by atoms with E-state index in [1.165, 1.54) is 148 Å². The first-order valence-electron chi connectivity index (χ1n) is 27.5. The molecule has 0 spiro atoms. The number of amides is 1. The summed E-state index contributed by atoms with van der Waals surface area (Å²) in [5, 5.41) is 0. The minimum absolute atomic E-state index is 0.0269. The Bertz CT molecular complexity index is 1010. The van der Waals surface area contributed by atoms with E-state index in [-0.39, 0.29) is 5.97 Å². The summed E-state index contributed by atoms with van der Waals surface area (Å²) in [7, 11) is 1.75. The predicted molar refractivity (Wildman–Crippen MR) is 280 cm³/mol. The van der Waals surface area contributed by atoms with Gasteiger partial charge in [-0.15, -0.1) is 19.7 Å². The van der Waals surface area contributed by atoms with Gasteiger partial charge in [-0.1, -0.05) is 149 Å². The lowest BCUT2D eigenvalue weighted by atomic mass is 10.1. The second-order valence-electron chi connectivity index (χ2n) is 18.3. The van der Waals surface area contributed by atoms with Gasteiger partial charge >= 0.3 is 5.97 Å². The van der Waals surface area contributed by atoms with Crippen LogP contribution in [0.2, 0.25) is 0 Å². The molecular weight excluding hydrogens is 793 g/mol. The van der Waals surface area contributed by atoms with Crippen molar-refractivity contribution in [3.63, 3.8) is 0 Å². The zero-order valence-corrected chi connectivity index (χ0v) is 43.8. The number of nitrogens with zero attached hydrogens (tertiary/aromatic N) is 4. The van der Waals surface area contributed by atoms with Gasteiger partial charge in [0.15, 0.2) is 13.1 Å². The van der Waals surface area contributed by atoms with E-state index in [1.807, 2.05) is 6.08 Å². The molecule has 1 fully saturated rings. The van der Waals surface area contributed by atoms with Crippen molar-refractivity contribution in [1.29, 1.82) is 0 Å². The molecule has 8 nitrogen and oxygen atoms in total. The summed E-state index contributed by atoms with van der Waals surface area (Å²) in [6.45, 7) is 30.7. The van der Waals surface area contributed by atoms with E-state index in [9.17, 15) is 9.59 Å². The van der Waals surface area contributed by atoms with E-state index < -0.39 is 0 Å². The van der Waals surface area contributed by atoms with Crippen LogP contribution in [0.15, 0.2) is 25.8 Å². The Morgan fingerprint density at radius 1 is 0.516 bits per heavy atom. The van der Waals surface area contributed by atoms with Crippen molar-refractivity contribution in [2.45, 2.75) is 233 Å². The minimum atomic E-state index is -0.0269. The van der Waals surface area contributed by atoms with Crippen molar-refractivity contribution in [3.05, 3.63) is 25.8 Å². The summed E-state index contributed by atoms with van der Waals surface area (Å²) in [6.07, 6.45) is 43.2. The lowest BCUT2D eigenvalue weighted by Crippen LogP contribution is -2.45. The Morgan fingerprint density at radius 2 is 0.938 bits per heavy atom. The Labute approximate surface area is 399 Å². The first-order chi connectivity index (χ1) is 31.4. The summed E-state index contributed by atoms with van der Waals surface area (Å²) in [4.78, 5) is 32.6. The van der Waals surface area contributed by atoms with Crippen molar-refractivity contribution in [1.82, 2.24) is 14.7 Å². The fraction of sp³-hybridized carbons (Fsp3) is 0.875. The number of hydrogen-bond acceptors (Lipinski definition) is 6. The molecule has 1 heterocycles. The van der Waals surface area contributed by atoms with E-state index in [2.05, 4.69) is 72.9 Å². The van der Waals surface area contributed by atoms with Gasteiger partial charge in [-0.3, -0.25) is 9.59 Å². The fourth-order valence-electron chi connectivity index (χ4n) is 8.30. The van der Waals surface area contributed by atoms with E-state index >= 15 is 0 Å². The van der Waals surface area contributed by atoms with E-state index in [0.717, 1.165) is 117 Å². The van der Waals surface area contributed by atoms with Gasteiger partial charge in [0.25, 0.3) is 0 Å². The highest BCUT2D eigenvalue weighted by molar-refractivity contribution is 5.76. The molecular formula is C56H111N4O4+. The van der Waals surface area contributed by atoms with Crippen molar-refractivity contribution in [2.24, 2.45) is 0 Å². The summed E-state index contributed by atoms with van der Waals surface area (Å²) in [5.41, 5.74) is 0. The van der Waals surface area contributed by atoms with Crippen LogP contribution in [0.1, 0.15) is 233 Å². The number of carbonyl (C=O) groups is 2. The van der Waals surface area contributed by atoms with Crippen LogP contribution in [0.25, 0.3) is 0 Å². The van der Waals surface area contributed by atoms with Gasteiger partial charge < -0.3 is 24.2 Å². The fourth-order valence-corrected chi connectivity index (χ4v) is 8.30.